The van der Waals surface area contributed by atoms with E-state index in [2.05, 4.69) is 58.0 Å². The Morgan fingerprint density at radius 2 is 1.94 bits per heavy atom. The molecule has 3 nitrogen and oxygen atoms in total. The highest BCUT2D eigenvalue weighted by Gasteiger charge is 1.97. The third-order valence-electron chi connectivity index (χ3n) is 2.78. The van der Waals surface area contributed by atoms with E-state index in [1.54, 1.807) is 0 Å². The fraction of sp³-hybridized carbons (Fsp3) is 0.0714. The number of benzene rings is 2. The van der Waals surface area contributed by atoms with Crippen LogP contribution in [0.3, 0.4) is 0 Å². The van der Waals surface area contributed by atoms with Crippen molar-refractivity contribution in [2.24, 2.45) is 0 Å². The van der Waals surface area contributed by atoms with E-state index in [4.69, 9.17) is 0 Å². The molecular weight excluding hydrogens is 210 g/mol. The first-order chi connectivity index (χ1) is 8.42. The van der Waals surface area contributed by atoms with Crippen molar-refractivity contribution >= 4 is 16.6 Å². The maximum atomic E-state index is 4.01. The Morgan fingerprint density at radius 1 is 1.06 bits per heavy atom. The molecule has 1 aromatic heterocycles. The highest BCUT2D eigenvalue weighted by molar-refractivity contribution is 5.81. The number of hydrogen-bond donors (Lipinski definition) is 2. The van der Waals surface area contributed by atoms with E-state index in [9.17, 15) is 0 Å². The summed E-state index contributed by atoms with van der Waals surface area (Å²) in [4.78, 5) is 0. The van der Waals surface area contributed by atoms with Crippen LogP contribution >= 0.6 is 0 Å². The van der Waals surface area contributed by atoms with E-state index in [1.165, 1.54) is 5.56 Å². The molecule has 0 saturated heterocycles. The average Bonchev–Trinajstić information content (AvgIpc) is 2.85. The van der Waals surface area contributed by atoms with E-state index < -0.39 is 0 Å². The predicted octanol–water partition coefficient (Wildman–Crippen LogP) is 3.18. The van der Waals surface area contributed by atoms with E-state index in [-0.39, 0.29) is 0 Å². The second kappa shape index (κ2) is 4.29. The van der Waals surface area contributed by atoms with Crippen molar-refractivity contribution in [1.82, 2.24) is 10.2 Å². The van der Waals surface area contributed by atoms with Gasteiger partial charge in [-0.15, -0.1) is 0 Å². The summed E-state index contributed by atoms with van der Waals surface area (Å²) in [5.41, 5.74) is 3.44. The summed E-state index contributed by atoms with van der Waals surface area (Å²) in [5, 5.41) is 11.5. The van der Waals surface area contributed by atoms with Crippen molar-refractivity contribution in [3.8, 4) is 0 Å². The first kappa shape index (κ1) is 9.90. The highest BCUT2D eigenvalue weighted by Crippen LogP contribution is 2.17. The van der Waals surface area contributed by atoms with Crippen LogP contribution in [-0.2, 0) is 6.54 Å². The summed E-state index contributed by atoms with van der Waals surface area (Å²) < 4.78 is 0. The van der Waals surface area contributed by atoms with Gasteiger partial charge in [0.15, 0.2) is 0 Å². The van der Waals surface area contributed by atoms with Gasteiger partial charge in [0.05, 0.1) is 11.7 Å². The normalized spacial score (nSPS) is 10.6. The van der Waals surface area contributed by atoms with E-state index in [0.29, 0.717) is 0 Å². The molecule has 1 heterocycles. The molecule has 0 aliphatic rings. The van der Waals surface area contributed by atoms with Crippen LogP contribution in [0.1, 0.15) is 5.56 Å². The largest absolute Gasteiger partial charge is 0.381 e. The number of fused-ring (bicyclic) bond motifs is 1. The Hall–Kier alpha value is -2.29. The number of H-pyrrole nitrogens is 1. The maximum absolute atomic E-state index is 4.01. The van der Waals surface area contributed by atoms with Gasteiger partial charge in [0.1, 0.15) is 0 Å². The Kier molecular flexibility index (Phi) is 2.50. The molecule has 0 amide bonds. The average molecular weight is 223 g/mol. The van der Waals surface area contributed by atoms with Gasteiger partial charge in [-0.25, -0.2) is 0 Å². The Bertz CT molecular complexity index is 613. The fourth-order valence-corrected chi connectivity index (χ4v) is 1.85. The second-order valence-electron chi connectivity index (χ2n) is 4.01. The number of aromatic amines is 1. The predicted molar refractivity (Wildman–Crippen MR) is 69.9 cm³/mol. The lowest BCUT2D eigenvalue weighted by molar-refractivity contribution is 1.12. The topological polar surface area (TPSA) is 40.7 Å². The zero-order valence-corrected chi connectivity index (χ0v) is 9.35. The molecule has 0 aliphatic heterocycles. The molecule has 0 saturated carbocycles. The maximum Gasteiger partial charge on any atom is 0.0670 e. The van der Waals surface area contributed by atoms with Crippen molar-refractivity contribution in [2.45, 2.75) is 6.54 Å². The van der Waals surface area contributed by atoms with E-state index >= 15 is 0 Å². The first-order valence-corrected chi connectivity index (χ1v) is 5.63. The van der Waals surface area contributed by atoms with Gasteiger partial charge in [-0.2, -0.15) is 5.10 Å². The summed E-state index contributed by atoms with van der Waals surface area (Å²) in [5.74, 6) is 0. The zero-order chi connectivity index (χ0) is 11.5. The number of rotatable bonds is 3. The minimum Gasteiger partial charge on any atom is -0.381 e. The van der Waals surface area contributed by atoms with Crippen LogP contribution in [0.2, 0.25) is 0 Å². The SMILES string of the molecule is c1ccc(CNc2ccc3cn[nH]c3c2)cc1. The molecule has 0 aliphatic carbocycles. The van der Waals surface area contributed by atoms with Gasteiger partial charge in [-0.1, -0.05) is 30.3 Å². The number of hydrogen-bond acceptors (Lipinski definition) is 2. The third-order valence-corrected chi connectivity index (χ3v) is 2.78. The highest BCUT2D eigenvalue weighted by atomic mass is 15.1. The molecule has 0 bridgehead atoms. The van der Waals surface area contributed by atoms with Crippen LogP contribution in [0.15, 0.2) is 54.7 Å². The molecule has 0 atom stereocenters. The molecule has 17 heavy (non-hydrogen) atoms. The Balaban J connectivity index is 1.76. The van der Waals surface area contributed by atoms with Crippen molar-refractivity contribution < 1.29 is 0 Å². The van der Waals surface area contributed by atoms with Gasteiger partial charge in [0.25, 0.3) is 0 Å². The monoisotopic (exact) mass is 223 g/mol. The zero-order valence-electron chi connectivity index (χ0n) is 9.35. The summed E-state index contributed by atoms with van der Waals surface area (Å²) in [7, 11) is 0. The lowest BCUT2D eigenvalue weighted by atomic mass is 10.2. The molecule has 84 valence electrons. The van der Waals surface area contributed by atoms with E-state index in [1.807, 2.05) is 12.3 Å². The lowest BCUT2D eigenvalue weighted by Crippen LogP contribution is -1.98. The van der Waals surface area contributed by atoms with Crippen LogP contribution < -0.4 is 5.32 Å². The fourth-order valence-electron chi connectivity index (χ4n) is 1.85. The number of nitrogens with one attached hydrogen (secondary N) is 2. The summed E-state index contributed by atoms with van der Waals surface area (Å²) in [6.45, 7) is 0.834. The van der Waals surface area contributed by atoms with E-state index in [0.717, 1.165) is 23.1 Å². The third kappa shape index (κ3) is 2.13. The van der Waals surface area contributed by atoms with Gasteiger partial charge in [-0.3, -0.25) is 5.10 Å². The van der Waals surface area contributed by atoms with Crippen LogP contribution in [-0.4, -0.2) is 10.2 Å². The molecule has 2 N–H and O–H groups in total. The van der Waals surface area contributed by atoms with Gasteiger partial charge >= 0.3 is 0 Å². The minimum atomic E-state index is 0.834. The molecule has 0 unspecified atom stereocenters. The Morgan fingerprint density at radius 3 is 2.82 bits per heavy atom. The van der Waals surface area contributed by atoms with Gasteiger partial charge in [0, 0.05) is 17.6 Å². The lowest BCUT2D eigenvalue weighted by Gasteiger charge is -2.06. The summed E-state index contributed by atoms with van der Waals surface area (Å²) in [6, 6.07) is 16.6. The van der Waals surface area contributed by atoms with Gasteiger partial charge in [0.2, 0.25) is 0 Å². The standard InChI is InChI=1S/C14H13N3/c1-2-4-11(5-3-1)9-15-13-7-6-12-10-16-17-14(12)8-13/h1-8,10,15H,9H2,(H,16,17). The first-order valence-electron chi connectivity index (χ1n) is 5.63. The van der Waals surface area contributed by atoms with Crippen molar-refractivity contribution in [1.29, 1.82) is 0 Å². The molecule has 2 aromatic carbocycles. The smallest absolute Gasteiger partial charge is 0.0670 e. The molecule has 3 heteroatoms. The molecule has 0 radical (unpaired) electrons. The molecule has 0 fully saturated rings. The van der Waals surface area contributed by atoms with Crippen LogP contribution in [0, 0.1) is 0 Å². The summed E-state index contributed by atoms with van der Waals surface area (Å²) >= 11 is 0. The van der Waals surface area contributed by atoms with Crippen LogP contribution in [0.5, 0.6) is 0 Å². The van der Waals surface area contributed by atoms with Crippen LogP contribution in [0.4, 0.5) is 5.69 Å². The van der Waals surface area contributed by atoms with Crippen LogP contribution in [0.25, 0.3) is 10.9 Å². The quantitative estimate of drug-likeness (QED) is 0.716. The number of aromatic nitrogens is 2. The number of anilines is 1. The van der Waals surface area contributed by atoms with Gasteiger partial charge in [-0.05, 0) is 23.8 Å². The number of nitrogens with zero attached hydrogens (tertiary/aromatic N) is 1. The molecular formula is C14H13N3. The molecule has 0 spiro atoms. The minimum absolute atomic E-state index is 0.834. The Labute approximate surface area is 99.5 Å². The van der Waals surface area contributed by atoms with Crippen molar-refractivity contribution in [3.63, 3.8) is 0 Å². The van der Waals surface area contributed by atoms with Crippen molar-refractivity contribution in [2.75, 3.05) is 5.32 Å². The molecule has 3 aromatic rings. The molecule has 3 rings (SSSR count). The van der Waals surface area contributed by atoms with Crippen molar-refractivity contribution in [3.05, 3.63) is 60.3 Å². The summed E-state index contributed by atoms with van der Waals surface area (Å²) in [6.07, 6.45) is 1.83. The van der Waals surface area contributed by atoms with Gasteiger partial charge < -0.3 is 5.32 Å². The second-order valence-corrected chi connectivity index (χ2v) is 4.01.